The molecule has 3 N–H and O–H groups in total. The number of aromatic amines is 1. The number of hydrogen-bond acceptors (Lipinski definition) is 4. The van der Waals surface area contributed by atoms with Crippen LogP contribution in [0, 0.1) is 17.5 Å². The van der Waals surface area contributed by atoms with Gasteiger partial charge in [-0.1, -0.05) is 12.1 Å². The van der Waals surface area contributed by atoms with Crippen LogP contribution >= 0.6 is 0 Å². The largest absolute Gasteiger partial charge is 0.416 e. The molecule has 0 aliphatic carbocycles. The predicted molar refractivity (Wildman–Crippen MR) is 98.7 cm³/mol. The molecule has 1 amide bonds. The van der Waals surface area contributed by atoms with Gasteiger partial charge in [0.05, 0.1) is 23.3 Å². The second kappa shape index (κ2) is 8.83. The van der Waals surface area contributed by atoms with Gasteiger partial charge in [0, 0.05) is 6.54 Å². The molecule has 0 saturated heterocycles. The number of amides is 1. The Hall–Kier alpha value is -3.67. The van der Waals surface area contributed by atoms with E-state index < -0.39 is 82.0 Å². The lowest BCUT2D eigenvalue weighted by Gasteiger charge is -2.14. The number of alkyl halides is 3. The second-order valence-electron chi connectivity index (χ2n) is 6.48. The molecule has 0 spiro atoms. The number of hydrogen-bond donors (Lipinski definition) is 3. The number of aliphatic hydroxyl groups is 1. The molecule has 0 unspecified atom stereocenters. The van der Waals surface area contributed by atoms with E-state index >= 15 is 0 Å². The van der Waals surface area contributed by atoms with Gasteiger partial charge < -0.3 is 15.4 Å². The van der Waals surface area contributed by atoms with E-state index in [9.17, 15) is 41.0 Å². The summed E-state index contributed by atoms with van der Waals surface area (Å²) < 4.78 is 80.7. The molecular weight excluding hydrogens is 444 g/mol. The molecule has 12 heteroatoms. The number of rotatable bonds is 5. The Morgan fingerprint density at radius 1 is 1.09 bits per heavy atom. The number of nitrogens with one attached hydrogen (secondary N) is 2. The SMILES string of the molecule is O=C(NCc1ccc(F)cc1C(F)(F)F)c1nc(-c2c(F)cccc2F)[nH]c(=O)c1CO. The summed E-state index contributed by atoms with van der Waals surface area (Å²) >= 11 is 0. The molecule has 2 aromatic carbocycles. The second-order valence-corrected chi connectivity index (χ2v) is 6.48. The zero-order valence-electron chi connectivity index (χ0n) is 15.9. The molecule has 3 aromatic rings. The summed E-state index contributed by atoms with van der Waals surface area (Å²) in [6.07, 6.45) is -4.91. The summed E-state index contributed by atoms with van der Waals surface area (Å²) in [6.45, 7) is -1.73. The summed E-state index contributed by atoms with van der Waals surface area (Å²) in [7, 11) is 0. The minimum absolute atomic E-state index is 0.255. The Labute approximate surface area is 175 Å². The van der Waals surface area contributed by atoms with Crippen molar-refractivity contribution in [2.45, 2.75) is 19.3 Å². The Balaban J connectivity index is 1.99. The summed E-state index contributed by atoms with van der Waals surface area (Å²) in [5, 5.41) is 11.5. The van der Waals surface area contributed by atoms with E-state index in [1.807, 2.05) is 0 Å². The average molecular weight is 457 g/mol. The van der Waals surface area contributed by atoms with Crippen LogP contribution in [-0.2, 0) is 19.3 Å². The van der Waals surface area contributed by atoms with Gasteiger partial charge in [-0.25, -0.2) is 18.2 Å². The maximum absolute atomic E-state index is 14.1. The molecule has 3 rings (SSSR count). The molecule has 1 aromatic heterocycles. The van der Waals surface area contributed by atoms with Crippen LogP contribution in [0.2, 0.25) is 0 Å². The van der Waals surface area contributed by atoms with E-state index in [4.69, 9.17) is 0 Å². The van der Waals surface area contributed by atoms with Crippen molar-refractivity contribution in [3.05, 3.63) is 86.6 Å². The quantitative estimate of drug-likeness (QED) is 0.513. The van der Waals surface area contributed by atoms with E-state index in [0.29, 0.717) is 0 Å². The summed E-state index contributed by atoms with van der Waals surface area (Å²) in [4.78, 5) is 30.5. The van der Waals surface area contributed by atoms with Crippen molar-refractivity contribution in [2.75, 3.05) is 0 Å². The smallest absolute Gasteiger partial charge is 0.391 e. The van der Waals surface area contributed by atoms with Crippen molar-refractivity contribution in [3.8, 4) is 11.4 Å². The van der Waals surface area contributed by atoms with E-state index in [2.05, 4.69) is 15.3 Å². The Bertz CT molecular complexity index is 1220. The minimum Gasteiger partial charge on any atom is -0.391 e. The molecule has 0 fully saturated rings. The van der Waals surface area contributed by atoms with Gasteiger partial charge in [-0.2, -0.15) is 13.2 Å². The van der Waals surface area contributed by atoms with E-state index in [-0.39, 0.29) is 6.07 Å². The lowest BCUT2D eigenvalue weighted by Crippen LogP contribution is -2.30. The van der Waals surface area contributed by atoms with E-state index in [0.717, 1.165) is 30.3 Å². The number of aliphatic hydroxyl groups excluding tert-OH is 1. The van der Waals surface area contributed by atoms with Gasteiger partial charge in [-0.05, 0) is 29.8 Å². The van der Waals surface area contributed by atoms with Gasteiger partial charge in [-0.3, -0.25) is 9.59 Å². The van der Waals surface area contributed by atoms with Gasteiger partial charge >= 0.3 is 6.18 Å². The van der Waals surface area contributed by atoms with Crippen LogP contribution in [0.15, 0.2) is 41.2 Å². The summed E-state index contributed by atoms with van der Waals surface area (Å²) in [5.41, 5.74) is -4.96. The number of aromatic nitrogens is 2. The van der Waals surface area contributed by atoms with Gasteiger partial charge in [0.2, 0.25) is 0 Å². The third kappa shape index (κ3) is 4.64. The molecule has 0 aliphatic rings. The topological polar surface area (TPSA) is 95.1 Å². The highest BCUT2D eigenvalue weighted by molar-refractivity contribution is 5.94. The number of benzene rings is 2. The molecule has 0 aliphatic heterocycles. The molecule has 168 valence electrons. The average Bonchev–Trinajstić information content (AvgIpc) is 2.71. The number of carbonyl (C=O) groups excluding carboxylic acids is 1. The summed E-state index contributed by atoms with van der Waals surface area (Å²) in [5.74, 6) is -5.20. The minimum atomic E-state index is -4.91. The molecular formula is C20H13F6N3O3. The van der Waals surface area contributed by atoms with Gasteiger partial charge in [-0.15, -0.1) is 0 Å². The molecule has 0 bridgehead atoms. The first kappa shape index (κ1) is 23.0. The third-order valence-corrected chi connectivity index (χ3v) is 4.40. The van der Waals surface area contributed by atoms with Gasteiger partial charge in [0.1, 0.15) is 29.0 Å². The lowest BCUT2D eigenvalue weighted by molar-refractivity contribution is -0.138. The maximum atomic E-state index is 14.1. The van der Waals surface area contributed by atoms with E-state index in [1.54, 1.807) is 0 Å². The maximum Gasteiger partial charge on any atom is 0.416 e. The first-order valence-electron chi connectivity index (χ1n) is 8.85. The van der Waals surface area contributed by atoms with Crippen LogP contribution in [0.4, 0.5) is 26.3 Å². The molecule has 6 nitrogen and oxygen atoms in total. The fourth-order valence-electron chi connectivity index (χ4n) is 2.90. The van der Waals surface area contributed by atoms with Crippen LogP contribution < -0.4 is 10.9 Å². The monoisotopic (exact) mass is 457 g/mol. The van der Waals surface area contributed by atoms with Crippen molar-refractivity contribution in [1.82, 2.24) is 15.3 Å². The number of nitrogens with zero attached hydrogens (tertiary/aromatic N) is 1. The molecule has 0 atom stereocenters. The highest BCUT2D eigenvalue weighted by Crippen LogP contribution is 2.32. The Kier molecular flexibility index (Phi) is 6.35. The first-order chi connectivity index (χ1) is 15.0. The molecule has 0 saturated carbocycles. The van der Waals surface area contributed by atoms with Crippen molar-refractivity contribution in [3.63, 3.8) is 0 Å². The summed E-state index contributed by atoms with van der Waals surface area (Å²) in [6, 6.07) is 4.65. The fraction of sp³-hybridized carbons (Fsp3) is 0.150. The molecule has 32 heavy (non-hydrogen) atoms. The van der Waals surface area contributed by atoms with E-state index in [1.165, 1.54) is 0 Å². The van der Waals surface area contributed by atoms with Crippen molar-refractivity contribution in [2.24, 2.45) is 0 Å². The predicted octanol–water partition coefficient (Wildman–Crippen LogP) is 3.30. The number of carbonyl (C=O) groups is 1. The standard InChI is InChI=1S/C20H13F6N3O3/c21-10-5-4-9(12(6-10)20(24,25)26)7-27-19(32)16-11(8-30)18(31)29-17(28-16)15-13(22)2-1-3-14(15)23/h1-6,30H,7-8H2,(H,27,32)(H,28,29,31). The van der Waals surface area contributed by atoms with Crippen LogP contribution in [0.1, 0.15) is 27.2 Å². The highest BCUT2D eigenvalue weighted by Gasteiger charge is 2.34. The third-order valence-electron chi connectivity index (χ3n) is 4.40. The highest BCUT2D eigenvalue weighted by atomic mass is 19.4. The van der Waals surface area contributed by atoms with Crippen molar-refractivity contribution < 1.29 is 36.2 Å². The van der Waals surface area contributed by atoms with Gasteiger partial charge in [0.25, 0.3) is 11.5 Å². The zero-order valence-corrected chi connectivity index (χ0v) is 15.9. The van der Waals surface area contributed by atoms with Crippen LogP contribution in [0.5, 0.6) is 0 Å². The molecule has 0 radical (unpaired) electrons. The van der Waals surface area contributed by atoms with Crippen molar-refractivity contribution in [1.29, 1.82) is 0 Å². The number of halogens is 6. The van der Waals surface area contributed by atoms with Crippen LogP contribution in [0.25, 0.3) is 11.4 Å². The fourth-order valence-corrected chi connectivity index (χ4v) is 2.90. The lowest BCUT2D eigenvalue weighted by atomic mass is 10.1. The van der Waals surface area contributed by atoms with Gasteiger partial charge in [0.15, 0.2) is 0 Å². The normalized spacial score (nSPS) is 11.5. The first-order valence-corrected chi connectivity index (χ1v) is 8.85. The van der Waals surface area contributed by atoms with Crippen LogP contribution in [0.3, 0.4) is 0 Å². The number of H-pyrrole nitrogens is 1. The molecule has 1 heterocycles. The Morgan fingerprint density at radius 3 is 2.34 bits per heavy atom. The van der Waals surface area contributed by atoms with Crippen molar-refractivity contribution >= 4 is 5.91 Å². The Morgan fingerprint density at radius 2 is 1.75 bits per heavy atom. The van der Waals surface area contributed by atoms with Crippen LogP contribution in [-0.4, -0.2) is 21.0 Å². The zero-order chi connectivity index (χ0) is 23.6.